The van der Waals surface area contributed by atoms with Gasteiger partial charge in [-0.2, -0.15) is 5.10 Å². The van der Waals surface area contributed by atoms with E-state index in [0.29, 0.717) is 36.9 Å². The van der Waals surface area contributed by atoms with Gasteiger partial charge in [0.1, 0.15) is 6.54 Å². The number of ether oxygens (including phenoxy) is 2. The van der Waals surface area contributed by atoms with E-state index in [0.717, 1.165) is 24.0 Å². The second-order valence-electron chi connectivity index (χ2n) is 7.73. The second-order valence-corrected chi connectivity index (χ2v) is 7.73. The molecule has 0 saturated carbocycles. The highest BCUT2D eigenvalue weighted by Crippen LogP contribution is 2.28. The Kier molecular flexibility index (Phi) is 8.63. The Hall–Kier alpha value is -3.61. The topological polar surface area (TPSA) is 73.7 Å². The number of amides is 1. The summed E-state index contributed by atoms with van der Waals surface area (Å²) in [6.07, 6.45) is 1.70. The van der Waals surface area contributed by atoms with E-state index in [-0.39, 0.29) is 18.0 Å². The summed E-state index contributed by atoms with van der Waals surface area (Å²) in [5, 5.41) is 4.42. The minimum atomic E-state index is -0.307. The van der Waals surface area contributed by atoms with E-state index >= 15 is 0 Å². The van der Waals surface area contributed by atoms with Gasteiger partial charge in [-0.15, -0.1) is 0 Å². The van der Waals surface area contributed by atoms with Crippen LogP contribution in [-0.2, 0) is 17.9 Å². The minimum Gasteiger partial charge on any atom is -0.493 e. The van der Waals surface area contributed by atoms with Crippen LogP contribution in [0, 0.1) is 0 Å². The third kappa shape index (κ3) is 6.44. The quantitative estimate of drug-likeness (QED) is 0.440. The van der Waals surface area contributed by atoms with Crippen LogP contribution in [0.3, 0.4) is 0 Å². The molecule has 0 radical (unpaired) electrons. The first-order chi connectivity index (χ1) is 16.0. The zero-order valence-electron chi connectivity index (χ0n) is 19.5. The van der Waals surface area contributed by atoms with Gasteiger partial charge >= 0.3 is 0 Å². The highest BCUT2D eigenvalue weighted by atomic mass is 16.5. The van der Waals surface area contributed by atoms with Crippen molar-refractivity contribution in [2.24, 2.45) is 0 Å². The monoisotopic (exact) mass is 449 g/mol. The van der Waals surface area contributed by atoms with Gasteiger partial charge < -0.3 is 14.4 Å². The molecular formula is C26H31N3O4. The summed E-state index contributed by atoms with van der Waals surface area (Å²) >= 11 is 0. The van der Waals surface area contributed by atoms with Gasteiger partial charge in [0.15, 0.2) is 11.5 Å². The third-order valence-electron chi connectivity index (χ3n) is 5.13. The van der Waals surface area contributed by atoms with Crippen LogP contribution in [0.4, 0.5) is 0 Å². The van der Waals surface area contributed by atoms with Crippen LogP contribution in [0.5, 0.6) is 11.5 Å². The fourth-order valence-electron chi connectivity index (χ4n) is 3.48. The number of nitrogens with zero attached hydrogens (tertiary/aromatic N) is 3. The number of hydrogen-bond acceptors (Lipinski definition) is 5. The van der Waals surface area contributed by atoms with Gasteiger partial charge in [0.05, 0.1) is 19.4 Å². The number of aromatic nitrogens is 2. The van der Waals surface area contributed by atoms with Crippen molar-refractivity contribution in [2.75, 3.05) is 20.3 Å². The second kappa shape index (κ2) is 11.9. The van der Waals surface area contributed by atoms with Gasteiger partial charge in [-0.1, -0.05) is 50.2 Å². The van der Waals surface area contributed by atoms with Crippen LogP contribution in [0.1, 0.15) is 32.3 Å². The zero-order valence-corrected chi connectivity index (χ0v) is 19.5. The summed E-state index contributed by atoms with van der Waals surface area (Å²) in [5.74, 6) is 1.16. The van der Waals surface area contributed by atoms with Crippen molar-refractivity contribution < 1.29 is 14.3 Å². The van der Waals surface area contributed by atoms with E-state index in [1.165, 1.54) is 10.7 Å². The molecule has 0 spiro atoms. The first kappa shape index (κ1) is 24.0. The lowest BCUT2D eigenvalue weighted by Gasteiger charge is -2.23. The van der Waals surface area contributed by atoms with Crippen molar-refractivity contribution in [1.82, 2.24) is 14.7 Å². The lowest BCUT2D eigenvalue weighted by atomic mass is 10.1. The summed E-state index contributed by atoms with van der Waals surface area (Å²) in [6, 6.07) is 18.4. The standard InChI is InChI=1S/C26H31N3O4/c1-4-15-28(18-20-11-13-23(33-16-5-2)24(17-20)32-3)26(31)19-29-25(30)14-12-22(27-29)21-9-7-6-8-10-21/h6-14,17H,4-5,15-16,18-19H2,1-3H3. The van der Waals surface area contributed by atoms with E-state index in [1.807, 2.05) is 62.4 Å². The SMILES string of the molecule is CCCOc1ccc(CN(CCC)C(=O)Cn2nc(-c3ccccc3)ccc2=O)cc1OC. The number of carbonyl (C=O) groups excluding carboxylic acids is 1. The van der Waals surface area contributed by atoms with Crippen LogP contribution in [0.25, 0.3) is 11.3 Å². The van der Waals surface area contributed by atoms with Gasteiger partial charge in [0.2, 0.25) is 5.91 Å². The maximum atomic E-state index is 13.1. The van der Waals surface area contributed by atoms with E-state index < -0.39 is 0 Å². The number of hydrogen-bond donors (Lipinski definition) is 0. The van der Waals surface area contributed by atoms with Crippen LogP contribution < -0.4 is 15.0 Å². The Morgan fingerprint density at radius 3 is 2.48 bits per heavy atom. The molecule has 3 aromatic rings. The minimum absolute atomic E-state index is 0.117. The predicted octanol–water partition coefficient (Wildman–Crippen LogP) is 4.15. The molecule has 0 fully saturated rings. The summed E-state index contributed by atoms with van der Waals surface area (Å²) < 4.78 is 12.4. The molecule has 1 aromatic heterocycles. The van der Waals surface area contributed by atoms with Gasteiger partial charge in [-0.25, -0.2) is 4.68 Å². The fourth-order valence-corrected chi connectivity index (χ4v) is 3.48. The fraction of sp³-hybridized carbons (Fsp3) is 0.346. The summed E-state index contributed by atoms with van der Waals surface area (Å²) in [4.78, 5) is 27.3. The van der Waals surface area contributed by atoms with E-state index in [9.17, 15) is 9.59 Å². The smallest absolute Gasteiger partial charge is 0.267 e. The average Bonchev–Trinajstić information content (AvgIpc) is 2.84. The molecule has 33 heavy (non-hydrogen) atoms. The molecule has 0 aliphatic rings. The molecule has 0 atom stereocenters. The predicted molar refractivity (Wildman–Crippen MR) is 128 cm³/mol. The average molecular weight is 450 g/mol. The van der Waals surface area contributed by atoms with Gasteiger partial charge in [-0.3, -0.25) is 9.59 Å². The normalized spacial score (nSPS) is 10.6. The number of rotatable bonds is 11. The van der Waals surface area contributed by atoms with Gasteiger partial charge in [0.25, 0.3) is 5.56 Å². The molecule has 0 unspecified atom stereocenters. The molecule has 0 bridgehead atoms. The van der Waals surface area contributed by atoms with E-state index in [2.05, 4.69) is 5.10 Å². The lowest BCUT2D eigenvalue weighted by Crippen LogP contribution is -2.37. The molecule has 2 aromatic carbocycles. The molecule has 174 valence electrons. The summed E-state index contributed by atoms with van der Waals surface area (Å²) in [6.45, 7) is 5.54. The maximum Gasteiger partial charge on any atom is 0.267 e. The molecule has 0 aliphatic carbocycles. The number of carbonyl (C=O) groups is 1. The van der Waals surface area contributed by atoms with Crippen molar-refractivity contribution in [3.63, 3.8) is 0 Å². The van der Waals surface area contributed by atoms with E-state index in [1.54, 1.807) is 18.1 Å². The summed E-state index contributed by atoms with van der Waals surface area (Å²) in [5.41, 5.74) is 2.16. The Labute approximate surface area is 194 Å². The number of benzene rings is 2. The van der Waals surface area contributed by atoms with Crippen LogP contribution in [-0.4, -0.2) is 40.8 Å². The number of methoxy groups -OCH3 is 1. The molecule has 0 N–H and O–H groups in total. The van der Waals surface area contributed by atoms with E-state index in [4.69, 9.17) is 9.47 Å². The third-order valence-corrected chi connectivity index (χ3v) is 5.13. The molecule has 7 heteroatoms. The van der Waals surface area contributed by atoms with Crippen molar-refractivity contribution in [2.45, 2.75) is 39.8 Å². The van der Waals surface area contributed by atoms with Crippen LogP contribution in [0.15, 0.2) is 65.5 Å². The molecule has 1 heterocycles. The Morgan fingerprint density at radius 2 is 1.79 bits per heavy atom. The zero-order chi connectivity index (χ0) is 23.6. The Bertz CT molecular complexity index is 1110. The molecule has 7 nitrogen and oxygen atoms in total. The highest BCUT2D eigenvalue weighted by molar-refractivity contribution is 5.76. The van der Waals surface area contributed by atoms with Crippen LogP contribution in [0.2, 0.25) is 0 Å². The maximum absolute atomic E-state index is 13.1. The molecule has 0 saturated heterocycles. The Morgan fingerprint density at radius 1 is 1.00 bits per heavy atom. The van der Waals surface area contributed by atoms with Crippen molar-refractivity contribution in [1.29, 1.82) is 0 Å². The van der Waals surface area contributed by atoms with Crippen molar-refractivity contribution in [3.8, 4) is 22.8 Å². The highest BCUT2D eigenvalue weighted by Gasteiger charge is 2.17. The van der Waals surface area contributed by atoms with Crippen molar-refractivity contribution >= 4 is 5.91 Å². The lowest BCUT2D eigenvalue weighted by molar-refractivity contribution is -0.132. The molecule has 3 rings (SSSR count). The first-order valence-electron chi connectivity index (χ1n) is 11.3. The van der Waals surface area contributed by atoms with Crippen LogP contribution >= 0.6 is 0 Å². The Balaban J connectivity index is 1.78. The molecule has 0 aliphatic heterocycles. The first-order valence-corrected chi connectivity index (χ1v) is 11.3. The molecule has 1 amide bonds. The largest absolute Gasteiger partial charge is 0.493 e. The van der Waals surface area contributed by atoms with Gasteiger partial charge in [-0.05, 0) is 36.6 Å². The molecular weight excluding hydrogens is 418 g/mol. The summed E-state index contributed by atoms with van der Waals surface area (Å²) in [7, 11) is 1.60. The van der Waals surface area contributed by atoms with Gasteiger partial charge in [0, 0.05) is 24.7 Å². The van der Waals surface area contributed by atoms with Crippen molar-refractivity contribution in [3.05, 3.63) is 76.6 Å².